The van der Waals surface area contributed by atoms with Gasteiger partial charge in [-0.3, -0.25) is 4.31 Å². The van der Waals surface area contributed by atoms with Crippen molar-refractivity contribution in [1.29, 1.82) is 0 Å². The molecule has 3 rings (SSSR count). The van der Waals surface area contributed by atoms with Crippen LogP contribution in [0.3, 0.4) is 0 Å². The summed E-state index contributed by atoms with van der Waals surface area (Å²) in [6.07, 6.45) is 0.809. The molecule has 0 amide bonds. The quantitative estimate of drug-likeness (QED) is 0.829. The number of rotatable bonds is 2. The molecule has 1 aliphatic heterocycles. The van der Waals surface area contributed by atoms with E-state index in [2.05, 4.69) is 0 Å². The summed E-state index contributed by atoms with van der Waals surface area (Å²) in [5.41, 5.74) is 0.736. The Morgan fingerprint density at radius 1 is 1.05 bits per heavy atom. The van der Waals surface area contributed by atoms with Crippen molar-refractivity contribution >= 4 is 39.1 Å². The highest BCUT2D eigenvalue weighted by molar-refractivity contribution is 7.99. The van der Waals surface area contributed by atoms with Gasteiger partial charge >= 0.3 is 0 Å². The van der Waals surface area contributed by atoms with Crippen molar-refractivity contribution in [1.82, 2.24) is 0 Å². The summed E-state index contributed by atoms with van der Waals surface area (Å²) in [4.78, 5) is 1.15. The number of sulfonamides is 1. The molecule has 2 aromatic rings. The predicted octanol–water partition coefficient (Wildman–Crippen LogP) is 4.03. The lowest BCUT2D eigenvalue weighted by Gasteiger charge is -2.24. The van der Waals surface area contributed by atoms with Crippen LogP contribution in [0.5, 0.6) is 0 Å². The highest BCUT2D eigenvalue weighted by Crippen LogP contribution is 2.37. The fourth-order valence-corrected chi connectivity index (χ4v) is 5.39. The van der Waals surface area contributed by atoms with Gasteiger partial charge < -0.3 is 0 Å². The lowest BCUT2D eigenvalue weighted by molar-refractivity contribution is 0.590. The van der Waals surface area contributed by atoms with Gasteiger partial charge in [0.15, 0.2) is 0 Å². The normalized spacial score (nSPS) is 15.4. The van der Waals surface area contributed by atoms with Gasteiger partial charge in [-0.25, -0.2) is 8.42 Å². The molecule has 0 atom stereocenters. The topological polar surface area (TPSA) is 37.4 Å². The van der Waals surface area contributed by atoms with Gasteiger partial charge in [-0.2, -0.15) is 0 Å². The standard InChI is InChI=1S/C15H14ClNO2S2/c16-12-6-1-4-9-15(12)21(18,19)17-10-5-11-20-14-8-3-2-7-13(14)17/h1-4,6-9H,5,10-11H2. The first-order chi connectivity index (χ1) is 10.1. The minimum atomic E-state index is -3.64. The van der Waals surface area contributed by atoms with Gasteiger partial charge in [-0.05, 0) is 36.4 Å². The molecular weight excluding hydrogens is 326 g/mol. The molecule has 3 nitrogen and oxygen atoms in total. The summed E-state index contributed by atoms with van der Waals surface area (Å²) < 4.78 is 27.4. The van der Waals surface area contributed by atoms with E-state index in [-0.39, 0.29) is 9.92 Å². The van der Waals surface area contributed by atoms with Gasteiger partial charge in [0.1, 0.15) is 4.90 Å². The van der Waals surface area contributed by atoms with Gasteiger partial charge in [0.2, 0.25) is 0 Å². The zero-order valence-electron chi connectivity index (χ0n) is 11.2. The number of hydrogen-bond donors (Lipinski definition) is 0. The van der Waals surface area contributed by atoms with Crippen LogP contribution in [0.4, 0.5) is 5.69 Å². The van der Waals surface area contributed by atoms with E-state index in [1.807, 2.05) is 24.3 Å². The van der Waals surface area contributed by atoms with Crippen LogP contribution in [0, 0.1) is 0 Å². The van der Waals surface area contributed by atoms with Crippen LogP contribution in [-0.2, 0) is 10.0 Å². The molecule has 1 aliphatic rings. The average Bonchev–Trinajstić information content (AvgIpc) is 2.70. The monoisotopic (exact) mass is 339 g/mol. The van der Waals surface area contributed by atoms with Gasteiger partial charge in [0.25, 0.3) is 10.0 Å². The molecule has 0 spiro atoms. The first-order valence-electron chi connectivity index (χ1n) is 6.60. The second-order valence-corrected chi connectivity index (χ2v) is 8.05. The largest absolute Gasteiger partial charge is 0.265 e. The maximum atomic E-state index is 13.0. The molecule has 0 saturated heterocycles. The molecule has 0 unspecified atom stereocenters. The van der Waals surface area contributed by atoms with Crippen molar-refractivity contribution in [3.05, 3.63) is 53.6 Å². The maximum Gasteiger partial charge on any atom is 0.265 e. The molecule has 6 heteroatoms. The Bertz CT molecular complexity index is 762. The summed E-state index contributed by atoms with van der Waals surface area (Å²) in [5, 5.41) is 0.256. The van der Waals surface area contributed by atoms with E-state index in [1.165, 1.54) is 4.31 Å². The Balaban J connectivity index is 2.13. The second kappa shape index (κ2) is 5.91. The van der Waals surface area contributed by atoms with E-state index >= 15 is 0 Å². The molecule has 0 aliphatic carbocycles. The van der Waals surface area contributed by atoms with Crippen LogP contribution in [0.2, 0.25) is 5.02 Å². The zero-order valence-corrected chi connectivity index (χ0v) is 13.6. The SMILES string of the molecule is O=S(=O)(c1ccccc1Cl)N1CCCSc2ccccc21. The first kappa shape index (κ1) is 14.8. The number of para-hydroxylation sites is 1. The van der Waals surface area contributed by atoms with Gasteiger partial charge in [0.05, 0.1) is 10.7 Å². The molecule has 110 valence electrons. The van der Waals surface area contributed by atoms with Crippen LogP contribution < -0.4 is 4.31 Å². The molecule has 0 aromatic heterocycles. The van der Waals surface area contributed by atoms with E-state index < -0.39 is 10.0 Å². The molecule has 0 bridgehead atoms. The van der Waals surface area contributed by atoms with Crippen molar-refractivity contribution in [2.24, 2.45) is 0 Å². The third-order valence-electron chi connectivity index (χ3n) is 3.30. The molecule has 1 heterocycles. The van der Waals surface area contributed by atoms with Crippen molar-refractivity contribution in [2.75, 3.05) is 16.6 Å². The number of thioether (sulfide) groups is 1. The fraction of sp³-hybridized carbons (Fsp3) is 0.200. The van der Waals surface area contributed by atoms with Crippen molar-refractivity contribution in [3.8, 4) is 0 Å². The van der Waals surface area contributed by atoms with E-state index in [0.29, 0.717) is 6.54 Å². The molecule has 0 saturated carbocycles. The Hall–Kier alpha value is -1.17. The number of anilines is 1. The highest BCUT2D eigenvalue weighted by atomic mass is 35.5. The lowest BCUT2D eigenvalue weighted by atomic mass is 10.3. The third-order valence-corrected chi connectivity index (χ3v) is 6.76. The van der Waals surface area contributed by atoms with Crippen LogP contribution in [0.25, 0.3) is 0 Å². The molecule has 21 heavy (non-hydrogen) atoms. The predicted molar refractivity (Wildman–Crippen MR) is 87.8 cm³/mol. The van der Waals surface area contributed by atoms with Crippen LogP contribution in [-0.4, -0.2) is 20.7 Å². The van der Waals surface area contributed by atoms with Crippen molar-refractivity contribution in [3.63, 3.8) is 0 Å². The Labute approximate surface area is 134 Å². The molecule has 0 fully saturated rings. The Kier molecular flexibility index (Phi) is 4.15. The van der Waals surface area contributed by atoms with Crippen LogP contribution >= 0.6 is 23.4 Å². The summed E-state index contributed by atoms with van der Waals surface area (Å²) in [7, 11) is -3.64. The minimum Gasteiger partial charge on any atom is -0.265 e. The van der Waals surface area contributed by atoms with E-state index in [0.717, 1.165) is 22.8 Å². The van der Waals surface area contributed by atoms with Crippen molar-refractivity contribution < 1.29 is 8.42 Å². The second-order valence-electron chi connectivity index (χ2n) is 4.68. The molecular formula is C15H14ClNO2S2. The van der Waals surface area contributed by atoms with E-state index in [1.54, 1.807) is 36.0 Å². The summed E-state index contributed by atoms with van der Waals surface area (Å²) in [5.74, 6) is 0.908. The summed E-state index contributed by atoms with van der Waals surface area (Å²) in [6.45, 7) is 0.470. The number of benzene rings is 2. The maximum absolute atomic E-state index is 13.0. The molecule has 0 N–H and O–H groups in total. The van der Waals surface area contributed by atoms with Gasteiger partial charge in [0, 0.05) is 11.4 Å². The third kappa shape index (κ3) is 2.78. The molecule has 2 aromatic carbocycles. The highest BCUT2D eigenvalue weighted by Gasteiger charge is 2.29. The van der Waals surface area contributed by atoms with E-state index in [9.17, 15) is 8.42 Å². The van der Waals surface area contributed by atoms with Crippen LogP contribution in [0.15, 0.2) is 58.3 Å². The number of nitrogens with zero attached hydrogens (tertiary/aromatic N) is 1. The first-order valence-corrected chi connectivity index (χ1v) is 9.40. The van der Waals surface area contributed by atoms with Crippen LogP contribution in [0.1, 0.15) is 6.42 Å². The summed E-state index contributed by atoms with van der Waals surface area (Å²) in [6, 6.07) is 14.2. The summed E-state index contributed by atoms with van der Waals surface area (Å²) >= 11 is 7.77. The number of fused-ring (bicyclic) bond motifs is 1. The molecule has 0 radical (unpaired) electrons. The minimum absolute atomic E-state index is 0.161. The smallest absolute Gasteiger partial charge is 0.265 e. The zero-order chi connectivity index (χ0) is 14.9. The van der Waals surface area contributed by atoms with Crippen molar-refractivity contribution in [2.45, 2.75) is 16.2 Å². The van der Waals surface area contributed by atoms with Gasteiger partial charge in [-0.1, -0.05) is 35.9 Å². The Morgan fingerprint density at radius 2 is 1.76 bits per heavy atom. The van der Waals surface area contributed by atoms with E-state index in [4.69, 9.17) is 11.6 Å². The average molecular weight is 340 g/mol. The Morgan fingerprint density at radius 3 is 2.57 bits per heavy atom. The number of halogens is 1. The number of hydrogen-bond acceptors (Lipinski definition) is 3. The fourth-order valence-electron chi connectivity index (χ4n) is 2.32. The van der Waals surface area contributed by atoms with Gasteiger partial charge in [-0.15, -0.1) is 11.8 Å². The lowest BCUT2D eigenvalue weighted by Crippen LogP contribution is -2.32.